The highest BCUT2D eigenvalue weighted by molar-refractivity contribution is 6.30. The molecule has 0 N–H and O–H groups in total. The van der Waals surface area contributed by atoms with E-state index in [9.17, 15) is 0 Å². The molecule has 2 aromatic carbocycles. The molecule has 34 heavy (non-hydrogen) atoms. The summed E-state index contributed by atoms with van der Waals surface area (Å²) in [5.41, 5.74) is 4.74. The average molecular weight is 482 g/mol. The first kappa shape index (κ1) is 24.6. The number of ether oxygens (including phenoxy) is 2. The second kappa shape index (κ2) is 11.3. The van der Waals surface area contributed by atoms with Crippen molar-refractivity contribution in [3.63, 3.8) is 0 Å². The minimum absolute atomic E-state index is 0.307. The first-order valence-corrected chi connectivity index (χ1v) is 12.7. The van der Waals surface area contributed by atoms with Crippen LogP contribution in [0.2, 0.25) is 5.15 Å². The van der Waals surface area contributed by atoms with E-state index in [4.69, 9.17) is 26.1 Å². The SMILES string of the molecule is CCCCn1c(-c2ccccc2C)nc(Cl)c1CN1CCCCC1c1ccc(OC)c(OC)c1. The molecule has 1 saturated heterocycles. The highest BCUT2D eigenvalue weighted by Gasteiger charge is 2.28. The van der Waals surface area contributed by atoms with Crippen LogP contribution in [0.5, 0.6) is 11.5 Å². The van der Waals surface area contributed by atoms with Gasteiger partial charge in [-0.15, -0.1) is 0 Å². The van der Waals surface area contributed by atoms with Gasteiger partial charge in [0.15, 0.2) is 16.7 Å². The number of hydrogen-bond donors (Lipinski definition) is 0. The normalized spacial score (nSPS) is 16.6. The Labute approximate surface area is 208 Å². The van der Waals surface area contributed by atoms with Crippen LogP contribution in [0.4, 0.5) is 0 Å². The van der Waals surface area contributed by atoms with Crippen LogP contribution >= 0.6 is 11.6 Å². The molecule has 0 spiro atoms. The molecule has 1 aliphatic heterocycles. The molecule has 0 radical (unpaired) electrons. The third-order valence-electron chi connectivity index (χ3n) is 6.90. The number of likely N-dealkylation sites (tertiary alicyclic amines) is 1. The molecule has 1 atom stereocenters. The molecular formula is C28H36ClN3O2. The van der Waals surface area contributed by atoms with Crippen LogP contribution in [0.15, 0.2) is 42.5 Å². The third-order valence-corrected chi connectivity index (χ3v) is 7.21. The highest BCUT2D eigenvalue weighted by atomic mass is 35.5. The second-order valence-electron chi connectivity index (χ2n) is 9.09. The minimum atomic E-state index is 0.307. The summed E-state index contributed by atoms with van der Waals surface area (Å²) in [7, 11) is 3.37. The lowest BCUT2D eigenvalue weighted by Crippen LogP contribution is -2.33. The van der Waals surface area contributed by atoms with Crippen molar-refractivity contribution in [2.24, 2.45) is 0 Å². The number of hydrogen-bond acceptors (Lipinski definition) is 4. The summed E-state index contributed by atoms with van der Waals surface area (Å²) >= 11 is 6.84. The molecule has 0 bridgehead atoms. The van der Waals surface area contributed by atoms with Crippen molar-refractivity contribution in [3.8, 4) is 22.9 Å². The molecule has 1 aliphatic rings. The van der Waals surface area contributed by atoms with Crippen LogP contribution in [-0.2, 0) is 13.1 Å². The lowest BCUT2D eigenvalue weighted by Gasteiger charge is -2.36. The molecule has 0 saturated carbocycles. The van der Waals surface area contributed by atoms with Gasteiger partial charge in [0.1, 0.15) is 5.82 Å². The lowest BCUT2D eigenvalue weighted by molar-refractivity contribution is 0.137. The number of imidazole rings is 1. The van der Waals surface area contributed by atoms with Crippen molar-refractivity contribution in [1.82, 2.24) is 14.5 Å². The fourth-order valence-electron chi connectivity index (χ4n) is 5.00. The van der Waals surface area contributed by atoms with Crippen molar-refractivity contribution in [2.75, 3.05) is 20.8 Å². The molecule has 0 aliphatic carbocycles. The van der Waals surface area contributed by atoms with Crippen LogP contribution in [0, 0.1) is 6.92 Å². The number of aryl methyl sites for hydroxylation is 1. The summed E-state index contributed by atoms with van der Waals surface area (Å²) in [4.78, 5) is 7.43. The van der Waals surface area contributed by atoms with Crippen molar-refractivity contribution in [3.05, 3.63) is 64.4 Å². The van der Waals surface area contributed by atoms with Gasteiger partial charge in [-0.3, -0.25) is 4.90 Å². The molecule has 6 heteroatoms. The zero-order valence-electron chi connectivity index (χ0n) is 20.8. The number of aromatic nitrogens is 2. The minimum Gasteiger partial charge on any atom is -0.493 e. The van der Waals surface area contributed by atoms with Gasteiger partial charge in [0, 0.05) is 24.7 Å². The van der Waals surface area contributed by atoms with E-state index >= 15 is 0 Å². The summed E-state index contributed by atoms with van der Waals surface area (Å²) < 4.78 is 13.4. The summed E-state index contributed by atoms with van der Waals surface area (Å²) in [5, 5.41) is 0.617. The monoisotopic (exact) mass is 481 g/mol. The maximum atomic E-state index is 6.84. The summed E-state index contributed by atoms with van der Waals surface area (Å²) in [6, 6.07) is 15.0. The van der Waals surface area contributed by atoms with E-state index in [-0.39, 0.29) is 0 Å². The number of methoxy groups -OCH3 is 2. The van der Waals surface area contributed by atoms with E-state index in [0.29, 0.717) is 11.2 Å². The molecule has 4 rings (SSSR count). The number of halogens is 1. The predicted octanol–water partition coefficient (Wildman–Crippen LogP) is 7.06. The summed E-state index contributed by atoms with van der Waals surface area (Å²) in [6.45, 7) is 7.10. The van der Waals surface area contributed by atoms with Crippen LogP contribution in [0.3, 0.4) is 0 Å². The van der Waals surface area contributed by atoms with Crippen molar-refractivity contribution >= 4 is 11.6 Å². The largest absolute Gasteiger partial charge is 0.493 e. The van der Waals surface area contributed by atoms with Crippen LogP contribution in [0.25, 0.3) is 11.4 Å². The molecule has 1 unspecified atom stereocenters. The lowest BCUT2D eigenvalue weighted by atomic mass is 9.94. The number of rotatable bonds is 9. The first-order chi connectivity index (χ1) is 16.6. The predicted molar refractivity (Wildman–Crippen MR) is 139 cm³/mol. The number of piperidine rings is 1. The quantitative estimate of drug-likeness (QED) is 0.328. The van der Waals surface area contributed by atoms with Gasteiger partial charge in [-0.05, 0) is 56.0 Å². The molecule has 3 aromatic rings. The maximum absolute atomic E-state index is 6.84. The zero-order chi connectivity index (χ0) is 24.1. The van der Waals surface area contributed by atoms with Gasteiger partial charge in [-0.2, -0.15) is 0 Å². The fraction of sp³-hybridized carbons (Fsp3) is 0.464. The Bertz CT molecular complexity index is 1110. The second-order valence-corrected chi connectivity index (χ2v) is 9.45. The fourth-order valence-corrected chi connectivity index (χ4v) is 5.25. The van der Waals surface area contributed by atoms with Gasteiger partial charge in [0.2, 0.25) is 0 Å². The Morgan fingerprint density at radius 2 is 1.85 bits per heavy atom. The van der Waals surface area contributed by atoms with E-state index in [1.807, 2.05) is 6.07 Å². The van der Waals surface area contributed by atoms with Crippen LogP contribution < -0.4 is 9.47 Å². The van der Waals surface area contributed by atoms with Crippen LogP contribution in [-0.4, -0.2) is 35.2 Å². The van der Waals surface area contributed by atoms with Gasteiger partial charge >= 0.3 is 0 Å². The molecule has 5 nitrogen and oxygen atoms in total. The van der Waals surface area contributed by atoms with E-state index in [0.717, 1.165) is 67.5 Å². The zero-order valence-corrected chi connectivity index (χ0v) is 21.6. The smallest absolute Gasteiger partial charge is 0.161 e. The van der Waals surface area contributed by atoms with Gasteiger partial charge in [0.25, 0.3) is 0 Å². The Morgan fingerprint density at radius 3 is 2.59 bits per heavy atom. The van der Waals surface area contributed by atoms with Crippen molar-refractivity contribution in [1.29, 1.82) is 0 Å². The van der Waals surface area contributed by atoms with Gasteiger partial charge in [-0.25, -0.2) is 4.98 Å². The molecular weight excluding hydrogens is 446 g/mol. The Balaban J connectivity index is 1.69. The number of nitrogens with zero attached hydrogens (tertiary/aromatic N) is 3. The Kier molecular flexibility index (Phi) is 8.17. The molecule has 2 heterocycles. The first-order valence-electron chi connectivity index (χ1n) is 12.3. The molecule has 0 amide bonds. The van der Waals surface area contributed by atoms with Gasteiger partial charge in [-0.1, -0.05) is 61.7 Å². The van der Waals surface area contributed by atoms with Gasteiger partial charge in [0.05, 0.1) is 19.9 Å². The Morgan fingerprint density at radius 1 is 1.06 bits per heavy atom. The van der Waals surface area contributed by atoms with Gasteiger partial charge < -0.3 is 14.0 Å². The molecule has 182 valence electrons. The topological polar surface area (TPSA) is 39.5 Å². The van der Waals surface area contributed by atoms with Crippen molar-refractivity contribution in [2.45, 2.75) is 65.1 Å². The standard InChI is InChI=1S/C28H36ClN3O2/c1-5-6-17-32-24(27(29)30-28(32)22-12-8-7-11-20(22)2)19-31-16-10-9-13-23(31)21-14-15-25(33-3)26(18-21)34-4/h7-8,11-12,14-15,18,23H,5-6,9-10,13,16-17,19H2,1-4H3. The van der Waals surface area contributed by atoms with E-state index < -0.39 is 0 Å². The van der Waals surface area contributed by atoms with E-state index in [2.05, 4.69) is 59.7 Å². The van der Waals surface area contributed by atoms with E-state index in [1.54, 1.807) is 14.2 Å². The molecule has 1 fully saturated rings. The number of benzene rings is 2. The van der Waals surface area contributed by atoms with Crippen LogP contribution in [0.1, 0.15) is 61.9 Å². The number of unbranched alkanes of at least 4 members (excludes halogenated alkanes) is 1. The third kappa shape index (κ3) is 5.11. The maximum Gasteiger partial charge on any atom is 0.161 e. The highest BCUT2D eigenvalue weighted by Crippen LogP contribution is 2.38. The van der Waals surface area contributed by atoms with Crippen molar-refractivity contribution < 1.29 is 9.47 Å². The Hall–Kier alpha value is -2.50. The summed E-state index contributed by atoms with van der Waals surface area (Å²) in [6.07, 6.45) is 5.74. The van der Waals surface area contributed by atoms with E-state index in [1.165, 1.54) is 24.0 Å². The molecule has 1 aromatic heterocycles. The summed E-state index contributed by atoms with van der Waals surface area (Å²) in [5.74, 6) is 2.52. The average Bonchev–Trinajstić information content (AvgIpc) is 3.17.